The fraction of sp³-hybridized carbons (Fsp3) is 0.917. The van der Waals surface area contributed by atoms with Gasteiger partial charge in [-0.3, -0.25) is 5.43 Å². The van der Waals surface area contributed by atoms with E-state index >= 15 is 0 Å². The van der Waals surface area contributed by atoms with Gasteiger partial charge in [0.25, 0.3) is 0 Å². The molecule has 0 spiro atoms. The summed E-state index contributed by atoms with van der Waals surface area (Å²) >= 11 is 0. The number of carbonyl (C=O) groups is 1. The fourth-order valence-electron chi connectivity index (χ4n) is 1.84. The van der Waals surface area contributed by atoms with Crippen LogP contribution in [0, 0.1) is 5.92 Å². The Balaban J connectivity index is 2.09. The normalized spacial score (nSPS) is 19.1. The third kappa shape index (κ3) is 6.48. The molecule has 0 radical (unpaired) electrons. The average molecular weight is 243 g/mol. The second-order valence-corrected chi connectivity index (χ2v) is 5.75. The lowest BCUT2D eigenvalue weighted by Gasteiger charge is -2.29. The lowest BCUT2D eigenvalue weighted by molar-refractivity contribution is 0.0492. The number of carbonyl (C=O) groups excluding carboxylic acids is 1. The van der Waals surface area contributed by atoms with Crippen LogP contribution in [-0.2, 0) is 4.74 Å². The van der Waals surface area contributed by atoms with E-state index in [-0.39, 0.29) is 0 Å². The van der Waals surface area contributed by atoms with Crippen LogP contribution in [0.25, 0.3) is 0 Å². The lowest BCUT2D eigenvalue weighted by atomic mass is 9.97. The van der Waals surface area contributed by atoms with Crippen molar-refractivity contribution in [1.82, 2.24) is 15.8 Å². The van der Waals surface area contributed by atoms with Crippen molar-refractivity contribution in [2.24, 2.45) is 5.92 Å². The SMILES string of the molecule is CN1CCC(CNNC(=O)OC(C)(C)C)CC1. The minimum Gasteiger partial charge on any atom is -0.443 e. The Morgan fingerprint density at radius 2 is 1.94 bits per heavy atom. The molecule has 1 heterocycles. The first-order chi connectivity index (χ1) is 7.87. The first-order valence-electron chi connectivity index (χ1n) is 6.27. The Morgan fingerprint density at radius 1 is 1.35 bits per heavy atom. The standard InChI is InChI=1S/C12H25N3O2/c1-12(2,3)17-11(16)14-13-9-10-5-7-15(4)8-6-10/h10,13H,5-9H2,1-4H3,(H,14,16). The molecular formula is C12H25N3O2. The third-order valence-electron chi connectivity index (χ3n) is 2.82. The van der Waals surface area contributed by atoms with E-state index in [1.54, 1.807) is 0 Å². The molecule has 1 aliphatic heterocycles. The zero-order chi connectivity index (χ0) is 12.9. The first-order valence-corrected chi connectivity index (χ1v) is 6.27. The number of nitrogens with zero attached hydrogens (tertiary/aromatic N) is 1. The number of ether oxygens (including phenoxy) is 1. The number of nitrogens with one attached hydrogen (secondary N) is 2. The molecule has 0 aromatic rings. The second kappa shape index (κ2) is 6.21. The van der Waals surface area contributed by atoms with Crippen molar-refractivity contribution < 1.29 is 9.53 Å². The van der Waals surface area contributed by atoms with Gasteiger partial charge in [-0.2, -0.15) is 0 Å². The molecule has 0 aromatic heterocycles. The smallest absolute Gasteiger partial charge is 0.422 e. The van der Waals surface area contributed by atoms with Gasteiger partial charge < -0.3 is 9.64 Å². The molecule has 0 aromatic carbocycles. The molecule has 5 nitrogen and oxygen atoms in total. The number of hydrogen-bond donors (Lipinski definition) is 2. The van der Waals surface area contributed by atoms with E-state index in [9.17, 15) is 4.79 Å². The molecule has 1 aliphatic rings. The maximum Gasteiger partial charge on any atom is 0.422 e. The van der Waals surface area contributed by atoms with Gasteiger partial charge in [-0.25, -0.2) is 10.2 Å². The number of amides is 1. The zero-order valence-electron chi connectivity index (χ0n) is 11.4. The van der Waals surface area contributed by atoms with Gasteiger partial charge >= 0.3 is 6.09 Å². The largest absolute Gasteiger partial charge is 0.443 e. The minimum atomic E-state index is -0.445. The van der Waals surface area contributed by atoms with Crippen molar-refractivity contribution in [2.45, 2.75) is 39.2 Å². The van der Waals surface area contributed by atoms with Crippen molar-refractivity contribution in [3.05, 3.63) is 0 Å². The zero-order valence-corrected chi connectivity index (χ0v) is 11.4. The molecule has 2 N–H and O–H groups in total. The van der Waals surface area contributed by atoms with Crippen molar-refractivity contribution >= 4 is 6.09 Å². The molecule has 0 bridgehead atoms. The number of likely N-dealkylation sites (tertiary alicyclic amines) is 1. The predicted molar refractivity (Wildman–Crippen MR) is 67.6 cm³/mol. The van der Waals surface area contributed by atoms with Crippen molar-refractivity contribution in [3.8, 4) is 0 Å². The molecule has 0 atom stereocenters. The molecule has 0 saturated carbocycles. The highest BCUT2D eigenvalue weighted by molar-refractivity contribution is 5.66. The molecule has 0 unspecified atom stereocenters. The summed E-state index contributed by atoms with van der Waals surface area (Å²) in [5, 5.41) is 0. The summed E-state index contributed by atoms with van der Waals surface area (Å²) in [4.78, 5) is 13.7. The Labute approximate surface area is 104 Å². The lowest BCUT2D eigenvalue weighted by Crippen LogP contribution is -2.44. The first kappa shape index (κ1) is 14.3. The highest BCUT2D eigenvalue weighted by Crippen LogP contribution is 2.14. The molecule has 1 rings (SSSR count). The molecule has 100 valence electrons. The van der Waals surface area contributed by atoms with E-state index in [0.717, 1.165) is 19.6 Å². The maximum atomic E-state index is 11.3. The van der Waals surface area contributed by atoms with Crippen LogP contribution in [0.15, 0.2) is 0 Å². The predicted octanol–water partition coefficient (Wildman–Crippen LogP) is 1.36. The summed E-state index contributed by atoms with van der Waals surface area (Å²) in [5.41, 5.74) is 5.08. The Hall–Kier alpha value is -0.810. The molecule has 1 fully saturated rings. The van der Waals surface area contributed by atoms with Gasteiger partial charge in [0.15, 0.2) is 0 Å². The molecule has 17 heavy (non-hydrogen) atoms. The molecular weight excluding hydrogens is 218 g/mol. The summed E-state index contributed by atoms with van der Waals surface area (Å²) in [6, 6.07) is 0. The maximum absolute atomic E-state index is 11.3. The van der Waals surface area contributed by atoms with Crippen molar-refractivity contribution in [1.29, 1.82) is 0 Å². The summed E-state index contributed by atoms with van der Waals surface area (Å²) in [6.07, 6.45) is 1.95. The quantitative estimate of drug-likeness (QED) is 0.735. The number of hydrazine groups is 1. The van der Waals surface area contributed by atoms with Crippen LogP contribution in [0.2, 0.25) is 0 Å². The Kier molecular flexibility index (Phi) is 5.21. The van der Waals surface area contributed by atoms with Crippen LogP contribution in [0.3, 0.4) is 0 Å². The number of rotatable bonds is 3. The van der Waals surface area contributed by atoms with E-state index in [1.807, 2.05) is 20.8 Å². The van der Waals surface area contributed by atoms with Gasteiger partial charge in [0, 0.05) is 6.54 Å². The van der Waals surface area contributed by atoms with E-state index in [4.69, 9.17) is 4.74 Å². The van der Waals surface area contributed by atoms with Gasteiger partial charge in [-0.05, 0) is 59.7 Å². The molecule has 5 heteroatoms. The van der Waals surface area contributed by atoms with Gasteiger partial charge in [-0.1, -0.05) is 0 Å². The summed E-state index contributed by atoms with van der Waals surface area (Å²) in [6.45, 7) is 8.64. The minimum absolute atomic E-state index is 0.412. The van der Waals surface area contributed by atoms with Crippen molar-refractivity contribution in [2.75, 3.05) is 26.7 Å². The summed E-state index contributed by atoms with van der Waals surface area (Å²) in [5.74, 6) is 0.640. The second-order valence-electron chi connectivity index (χ2n) is 5.75. The van der Waals surface area contributed by atoms with Gasteiger partial charge in [0.1, 0.15) is 5.60 Å². The van der Waals surface area contributed by atoms with Crippen molar-refractivity contribution in [3.63, 3.8) is 0 Å². The van der Waals surface area contributed by atoms with E-state index in [0.29, 0.717) is 5.92 Å². The number of piperidine rings is 1. The molecule has 1 amide bonds. The summed E-state index contributed by atoms with van der Waals surface area (Å²) < 4.78 is 5.12. The highest BCUT2D eigenvalue weighted by atomic mass is 16.6. The van der Waals surface area contributed by atoms with Gasteiger partial charge in [0.05, 0.1) is 0 Å². The van der Waals surface area contributed by atoms with Gasteiger partial charge in [-0.15, -0.1) is 0 Å². The fourth-order valence-corrected chi connectivity index (χ4v) is 1.84. The topological polar surface area (TPSA) is 53.6 Å². The van der Waals surface area contributed by atoms with Crippen LogP contribution in [0.5, 0.6) is 0 Å². The van der Waals surface area contributed by atoms with Crippen LogP contribution < -0.4 is 10.9 Å². The summed E-state index contributed by atoms with van der Waals surface area (Å²) in [7, 11) is 2.14. The van der Waals surface area contributed by atoms with E-state index in [2.05, 4.69) is 22.8 Å². The van der Waals surface area contributed by atoms with Crippen LogP contribution in [-0.4, -0.2) is 43.3 Å². The monoisotopic (exact) mass is 243 g/mol. The van der Waals surface area contributed by atoms with Crippen LogP contribution in [0.4, 0.5) is 4.79 Å². The van der Waals surface area contributed by atoms with E-state index < -0.39 is 11.7 Å². The average Bonchev–Trinajstić information content (AvgIpc) is 2.18. The Bertz CT molecular complexity index is 243. The third-order valence-corrected chi connectivity index (χ3v) is 2.82. The van der Waals surface area contributed by atoms with Crippen LogP contribution >= 0.6 is 0 Å². The number of hydrogen-bond acceptors (Lipinski definition) is 4. The van der Waals surface area contributed by atoms with Gasteiger partial charge in [0.2, 0.25) is 0 Å². The highest BCUT2D eigenvalue weighted by Gasteiger charge is 2.18. The van der Waals surface area contributed by atoms with E-state index in [1.165, 1.54) is 12.8 Å². The Morgan fingerprint density at radius 3 is 2.47 bits per heavy atom. The molecule has 0 aliphatic carbocycles. The van der Waals surface area contributed by atoms with Crippen LogP contribution in [0.1, 0.15) is 33.6 Å². The molecule has 1 saturated heterocycles.